The third-order valence-corrected chi connectivity index (χ3v) is 6.81. The number of phenols is 1. The lowest BCUT2D eigenvalue weighted by Gasteiger charge is -2.14. The van der Waals surface area contributed by atoms with Gasteiger partial charge in [-0.05, 0) is 42.3 Å². The van der Waals surface area contributed by atoms with Crippen molar-refractivity contribution in [1.29, 1.82) is 0 Å². The average Bonchev–Trinajstić information content (AvgIpc) is 3.40. The summed E-state index contributed by atoms with van der Waals surface area (Å²) in [5.41, 5.74) is 1.39. The average molecular weight is 511 g/mol. The molecule has 180 valence electrons. The Kier molecular flexibility index (Phi) is 7.52. The van der Waals surface area contributed by atoms with E-state index in [1.54, 1.807) is 18.2 Å². The van der Waals surface area contributed by atoms with Crippen LogP contribution in [0.3, 0.4) is 0 Å². The molecule has 35 heavy (non-hydrogen) atoms. The third-order valence-electron chi connectivity index (χ3n) is 5.42. The van der Waals surface area contributed by atoms with Crippen molar-refractivity contribution in [3.63, 3.8) is 0 Å². The van der Waals surface area contributed by atoms with Crippen molar-refractivity contribution < 1.29 is 29.3 Å². The molecule has 0 bridgehead atoms. The van der Waals surface area contributed by atoms with Gasteiger partial charge in [-0.1, -0.05) is 54.3 Å². The van der Waals surface area contributed by atoms with E-state index < -0.39 is 12.1 Å². The summed E-state index contributed by atoms with van der Waals surface area (Å²) in [6, 6.07) is 14.0. The topological polar surface area (TPSA) is 116 Å². The summed E-state index contributed by atoms with van der Waals surface area (Å²) in [5.74, 6) is -1.76. The van der Waals surface area contributed by atoms with Gasteiger partial charge in [0, 0.05) is 18.5 Å². The number of nitrogens with zero attached hydrogens (tertiary/aromatic N) is 1. The molecule has 2 aromatic rings. The van der Waals surface area contributed by atoms with Gasteiger partial charge >= 0.3 is 5.97 Å². The molecule has 1 saturated heterocycles. The number of carboxylic acids is 1. The van der Waals surface area contributed by atoms with E-state index in [-0.39, 0.29) is 29.7 Å². The number of carboxylic acid groups (broad SMARTS) is 1. The van der Waals surface area contributed by atoms with E-state index >= 15 is 0 Å². The van der Waals surface area contributed by atoms with Crippen molar-refractivity contribution in [2.75, 3.05) is 13.1 Å². The van der Waals surface area contributed by atoms with E-state index in [0.717, 1.165) is 17.3 Å². The van der Waals surface area contributed by atoms with Gasteiger partial charge in [-0.25, -0.2) is 4.79 Å². The lowest BCUT2D eigenvalue weighted by atomic mass is 10.1. The molecule has 1 unspecified atom stereocenters. The number of aromatic carboxylic acids is 1. The van der Waals surface area contributed by atoms with Crippen LogP contribution in [-0.2, 0) is 20.7 Å². The van der Waals surface area contributed by atoms with Gasteiger partial charge in [-0.2, -0.15) is 0 Å². The number of aromatic hydroxyl groups is 1. The maximum Gasteiger partial charge on any atom is 0.339 e. The zero-order valence-corrected chi connectivity index (χ0v) is 20.1. The molecular formula is C25H22N2O6S2. The van der Waals surface area contributed by atoms with Crippen LogP contribution in [0.15, 0.2) is 65.6 Å². The van der Waals surface area contributed by atoms with Crippen LogP contribution in [0.2, 0.25) is 0 Å². The van der Waals surface area contributed by atoms with Crippen LogP contribution < -0.4 is 5.32 Å². The van der Waals surface area contributed by atoms with Crippen LogP contribution in [-0.4, -0.2) is 56.4 Å². The number of amides is 2. The SMILES string of the molecule is O=C(CN1C(=O)/C(=C/C2CC=C(c3ccc(O)c(C(=O)O)c3)O2)SC1=S)NCCc1ccccc1. The van der Waals surface area contributed by atoms with Crippen molar-refractivity contribution in [3.8, 4) is 5.75 Å². The first-order chi connectivity index (χ1) is 16.8. The standard InChI is InChI=1S/C25H22N2O6S2/c28-19-8-6-16(12-18(19)24(31)32)20-9-7-17(33-20)13-21-23(30)27(25(34)35-21)14-22(29)26-11-10-15-4-2-1-3-5-15/h1-6,8-9,12-13,17,28H,7,10-11,14H2,(H,26,29)(H,31,32)/b21-13-. The summed E-state index contributed by atoms with van der Waals surface area (Å²) in [5, 5.41) is 21.7. The van der Waals surface area contributed by atoms with Gasteiger partial charge in [0.1, 0.15) is 34.0 Å². The van der Waals surface area contributed by atoms with E-state index in [1.807, 2.05) is 30.3 Å². The molecule has 0 spiro atoms. The van der Waals surface area contributed by atoms with Crippen LogP contribution in [0.1, 0.15) is 27.9 Å². The minimum absolute atomic E-state index is 0.155. The predicted molar refractivity (Wildman–Crippen MR) is 136 cm³/mol. The molecule has 2 aromatic carbocycles. The first kappa shape index (κ1) is 24.5. The third kappa shape index (κ3) is 5.90. The molecule has 0 saturated carbocycles. The summed E-state index contributed by atoms with van der Waals surface area (Å²) in [4.78, 5) is 38.1. The molecule has 1 atom stereocenters. The largest absolute Gasteiger partial charge is 0.507 e. The summed E-state index contributed by atoms with van der Waals surface area (Å²) in [6.45, 7) is 0.302. The van der Waals surface area contributed by atoms with Crippen LogP contribution in [0.25, 0.3) is 5.76 Å². The minimum atomic E-state index is -1.24. The first-order valence-electron chi connectivity index (χ1n) is 10.8. The van der Waals surface area contributed by atoms with E-state index in [4.69, 9.17) is 17.0 Å². The molecule has 8 nitrogen and oxygen atoms in total. The molecule has 10 heteroatoms. The summed E-state index contributed by atoms with van der Waals surface area (Å²) < 4.78 is 6.18. The zero-order valence-electron chi connectivity index (χ0n) is 18.5. The quantitative estimate of drug-likeness (QED) is 0.366. The number of benzene rings is 2. The highest BCUT2D eigenvalue weighted by Gasteiger charge is 2.34. The number of thioether (sulfide) groups is 1. The molecule has 2 heterocycles. The van der Waals surface area contributed by atoms with E-state index in [1.165, 1.54) is 17.0 Å². The summed E-state index contributed by atoms with van der Waals surface area (Å²) in [7, 11) is 0. The molecule has 0 radical (unpaired) electrons. The van der Waals surface area contributed by atoms with Crippen LogP contribution in [0.5, 0.6) is 5.75 Å². The van der Waals surface area contributed by atoms with Gasteiger partial charge in [0.25, 0.3) is 5.91 Å². The number of thiocarbonyl (C=S) groups is 1. The number of carbonyl (C=O) groups is 3. The van der Waals surface area contributed by atoms with E-state index in [9.17, 15) is 24.6 Å². The molecule has 0 aromatic heterocycles. The van der Waals surface area contributed by atoms with Crippen molar-refractivity contribution in [2.45, 2.75) is 18.9 Å². The Morgan fingerprint density at radius 2 is 2.00 bits per heavy atom. The highest BCUT2D eigenvalue weighted by molar-refractivity contribution is 8.26. The molecule has 4 rings (SSSR count). The number of hydrogen-bond donors (Lipinski definition) is 3. The Hall–Kier alpha value is -3.63. The number of carbonyl (C=O) groups excluding carboxylic acids is 2. The number of rotatable bonds is 8. The van der Waals surface area contributed by atoms with Crippen LogP contribution in [0.4, 0.5) is 0 Å². The van der Waals surface area contributed by atoms with Crippen molar-refractivity contribution in [1.82, 2.24) is 10.2 Å². The Morgan fingerprint density at radius 1 is 1.23 bits per heavy atom. The lowest BCUT2D eigenvalue weighted by Crippen LogP contribution is -2.40. The molecule has 3 N–H and O–H groups in total. The Bertz CT molecular complexity index is 1240. The van der Waals surface area contributed by atoms with Gasteiger partial charge in [0.15, 0.2) is 0 Å². The fourth-order valence-corrected chi connectivity index (χ4v) is 4.92. The van der Waals surface area contributed by atoms with Gasteiger partial charge in [-0.3, -0.25) is 14.5 Å². The number of hydrogen-bond acceptors (Lipinski definition) is 7. The van der Waals surface area contributed by atoms with Crippen molar-refractivity contribution in [2.24, 2.45) is 0 Å². The van der Waals surface area contributed by atoms with Crippen LogP contribution in [0, 0.1) is 0 Å². The second-order valence-corrected chi connectivity index (χ2v) is 9.55. The highest BCUT2D eigenvalue weighted by atomic mass is 32.2. The Balaban J connectivity index is 1.32. The van der Waals surface area contributed by atoms with E-state index in [2.05, 4.69) is 5.32 Å². The first-order valence-corrected chi connectivity index (χ1v) is 12.0. The van der Waals surface area contributed by atoms with Crippen molar-refractivity contribution in [3.05, 3.63) is 82.3 Å². The molecule has 0 aliphatic carbocycles. The molecule has 1 fully saturated rings. The fourth-order valence-electron chi connectivity index (χ4n) is 3.64. The molecule has 2 aliphatic heterocycles. The second-order valence-electron chi connectivity index (χ2n) is 7.87. The molecule has 2 amide bonds. The fraction of sp³-hybridized carbons (Fsp3) is 0.200. The van der Waals surface area contributed by atoms with Crippen molar-refractivity contribution >= 4 is 51.8 Å². The minimum Gasteiger partial charge on any atom is -0.507 e. The summed E-state index contributed by atoms with van der Waals surface area (Å²) in [6.07, 6.45) is 4.17. The van der Waals surface area contributed by atoms with E-state index in [0.29, 0.717) is 39.9 Å². The number of ether oxygens (including phenoxy) is 1. The normalized spacial score (nSPS) is 18.5. The monoisotopic (exact) mass is 510 g/mol. The maximum absolute atomic E-state index is 12.8. The number of nitrogens with one attached hydrogen (secondary N) is 1. The lowest BCUT2D eigenvalue weighted by molar-refractivity contribution is -0.128. The van der Waals surface area contributed by atoms with Gasteiger partial charge in [0.2, 0.25) is 5.91 Å². The van der Waals surface area contributed by atoms with Crippen LogP contribution >= 0.6 is 24.0 Å². The second kappa shape index (κ2) is 10.7. The Morgan fingerprint density at radius 3 is 2.74 bits per heavy atom. The highest BCUT2D eigenvalue weighted by Crippen LogP contribution is 2.35. The zero-order chi connectivity index (χ0) is 24.9. The molecular weight excluding hydrogens is 488 g/mol. The molecule has 2 aliphatic rings. The maximum atomic E-state index is 12.8. The Labute approximate surface area is 211 Å². The summed E-state index contributed by atoms with van der Waals surface area (Å²) >= 11 is 6.42. The predicted octanol–water partition coefficient (Wildman–Crippen LogP) is 3.32. The van der Waals surface area contributed by atoms with Gasteiger partial charge < -0.3 is 20.3 Å². The van der Waals surface area contributed by atoms with Gasteiger partial charge in [0.05, 0.1) is 4.91 Å². The van der Waals surface area contributed by atoms with Gasteiger partial charge in [-0.15, -0.1) is 0 Å². The smallest absolute Gasteiger partial charge is 0.339 e.